The highest BCUT2D eigenvalue weighted by Gasteiger charge is 2.20. The van der Waals surface area contributed by atoms with Gasteiger partial charge in [0.25, 0.3) is 0 Å². The number of nitrogens with one attached hydrogen (secondary N) is 2. The van der Waals surface area contributed by atoms with E-state index in [0.29, 0.717) is 12.2 Å². The van der Waals surface area contributed by atoms with Gasteiger partial charge in [0.05, 0.1) is 5.02 Å². The zero-order valence-corrected chi connectivity index (χ0v) is 11.3. The molecule has 0 bridgehead atoms. The molecule has 2 N–H and O–H groups in total. The number of imidazole rings is 1. The van der Waals surface area contributed by atoms with Crippen LogP contribution in [-0.2, 0) is 16.4 Å². The summed E-state index contributed by atoms with van der Waals surface area (Å²) >= 11 is 5.55. The fourth-order valence-electron chi connectivity index (χ4n) is 1.51. The van der Waals surface area contributed by atoms with Crippen molar-refractivity contribution < 1.29 is 12.8 Å². The number of hydrogen-bond donors (Lipinski definition) is 2. The van der Waals surface area contributed by atoms with Crippen LogP contribution in [-0.4, -0.2) is 24.9 Å². The summed E-state index contributed by atoms with van der Waals surface area (Å²) in [5, 5.41) is -0.228. The second-order valence-corrected chi connectivity index (χ2v) is 5.88. The van der Waals surface area contributed by atoms with E-state index in [-0.39, 0.29) is 11.6 Å². The van der Waals surface area contributed by atoms with E-state index in [0.717, 1.165) is 6.07 Å². The van der Waals surface area contributed by atoms with Crippen molar-refractivity contribution in [2.24, 2.45) is 0 Å². The largest absolute Gasteiger partial charge is 0.349 e. The highest BCUT2D eigenvalue weighted by atomic mass is 35.5. The summed E-state index contributed by atoms with van der Waals surface area (Å²) in [6, 6.07) is 3.84. The molecule has 8 heteroatoms. The molecule has 1 aromatic carbocycles. The van der Waals surface area contributed by atoms with Gasteiger partial charge < -0.3 is 4.98 Å². The molecule has 19 heavy (non-hydrogen) atoms. The lowest BCUT2D eigenvalue weighted by atomic mass is 10.3. The Morgan fingerprint density at radius 1 is 1.42 bits per heavy atom. The Morgan fingerprint density at radius 2 is 2.21 bits per heavy atom. The molecule has 0 radical (unpaired) electrons. The molecule has 1 heterocycles. The van der Waals surface area contributed by atoms with Gasteiger partial charge in [-0.05, 0) is 12.1 Å². The van der Waals surface area contributed by atoms with Gasteiger partial charge >= 0.3 is 0 Å². The second kappa shape index (κ2) is 5.68. The molecule has 5 nitrogen and oxygen atoms in total. The maximum atomic E-state index is 13.6. The van der Waals surface area contributed by atoms with Gasteiger partial charge in [0, 0.05) is 25.4 Å². The van der Waals surface area contributed by atoms with Gasteiger partial charge in [0.1, 0.15) is 10.7 Å². The lowest BCUT2D eigenvalue weighted by Crippen LogP contribution is -2.27. The number of hydrogen-bond acceptors (Lipinski definition) is 3. The monoisotopic (exact) mass is 303 g/mol. The summed E-state index contributed by atoms with van der Waals surface area (Å²) in [6.45, 7) is 0.113. The van der Waals surface area contributed by atoms with Gasteiger partial charge in [-0.3, -0.25) is 0 Å². The Kier molecular flexibility index (Phi) is 4.18. The minimum Gasteiger partial charge on any atom is -0.349 e. The molecule has 0 amide bonds. The van der Waals surface area contributed by atoms with E-state index in [1.54, 1.807) is 12.4 Å². The van der Waals surface area contributed by atoms with Crippen LogP contribution in [0.4, 0.5) is 4.39 Å². The van der Waals surface area contributed by atoms with Crippen LogP contribution in [0.2, 0.25) is 5.02 Å². The van der Waals surface area contributed by atoms with Crippen molar-refractivity contribution in [3.05, 3.63) is 47.3 Å². The average molecular weight is 304 g/mol. The van der Waals surface area contributed by atoms with Crippen LogP contribution in [0.1, 0.15) is 5.82 Å². The molecular formula is C11H11ClFN3O2S. The highest BCUT2D eigenvalue weighted by molar-refractivity contribution is 7.89. The van der Waals surface area contributed by atoms with Gasteiger partial charge in [-0.25, -0.2) is 22.5 Å². The van der Waals surface area contributed by atoms with E-state index in [2.05, 4.69) is 14.7 Å². The van der Waals surface area contributed by atoms with Crippen molar-refractivity contribution in [1.82, 2.24) is 14.7 Å². The summed E-state index contributed by atoms with van der Waals surface area (Å²) < 4.78 is 39.7. The Labute approximate surface area is 114 Å². The quantitative estimate of drug-likeness (QED) is 0.883. The maximum Gasteiger partial charge on any atom is 0.243 e. The molecule has 0 saturated carbocycles. The fraction of sp³-hybridized carbons (Fsp3) is 0.182. The van der Waals surface area contributed by atoms with Crippen molar-refractivity contribution in [3.63, 3.8) is 0 Å². The Balaban J connectivity index is 2.08. The lowest BCUT2D eigenvalue weighted by molar-refractivity contribution is 0.557. The van der Waals surface area contributed by atoms with Gasteiger partial charge in [0.2, 0.25) is 10.0 Å². The summed E-state index contributed by atoms with van der Waals surface area (Å²) in [6.07, 6.45) is 3.59. The third-order valence-corrected chi connectivity index (χ3v) is 4.18. The standard InChI is InChI=1S/C11H11ClFN3O2S/c12-8-2-1-3-9(11(8)13)19(17,18)16-5-4-10-14-6-7-15-10/h1-3,6-7,16H,4-5H2,(H,14,15). The minimum atomic E-state index is -3.92. The first-order valence-electron chi connectivity index (χ1n) is 5.42. The SMILES string of the molecule is O=S(=O)(NCCc1ncc[nH]1)c1cccc(Cl)c1F. The predicted molar refractivity (Wildman–Crippen MR) is 68.9 cm³/mol. The molecular weight excluding hydrogens is 293 g/mol. The average Bonchev–Trinajstić information content (AvgIpc) is 2.85. The number of aromatic amines is 1. The first kappa shape index (κ1) is 14.0. The molecule has 0 saturated heterocycles. The molecule has 1 aromatic heterocycles. The summed E-state index contributed by atoms with van der Waals surface area (Å²) in [7, 11) is -3.92. The molecule has 0 aliphatic rings. The Morgan fingerprint density at radius 3 is 2.89 bits per heavy atom. The molecule has 0 spiro atoms. The normalized spacial score (nSPS) is 11.7. The van der Waals surface area contributed by atoms with Crippen molar-refractivity contribution in [2.45, 2.75) is 11.3 Å². The van der Waals surface area contributed by atoms with Crippen LogP contribution >= 0.6 is 11.6 Å². The number of aromatic nitrogens is 2. The van der Waals surface area contributed by atoms with Crippen LogP contribution < -0.4 is 4.72 Å². The van der Waals surface area contributed by atoms with Gasteiger partial charge in [-0.1, -0.05) is 17.7 Å². The predicted octanol–water partition coefficient (Wildman–Crippen LogP) is 1.72. The molecule has 0 aliphatic carbocycles. The van der Waals surface area contributed by atoms with Crippen molar-refractivity contribution in [2.75, 3.05) is 6.54 Å². The van der Waals surface area contributed by atoms with E-state index >= 15 is 0 Å². The van der Waals surface area contributed by atoms with Crippen molar-refractivity contribution in [3.8, 4) is 0 Å². The van der Waals surface area contributed by atoms with E-state index in [1.807, 2.05) is 0 Å². The molecule has 2 aromatic rings. The molecule has 102 valence electrons. The van der Waals surface area contributed by atoms with E-state index < -0.39 is 20.7 Å². The molecule has 0 unspecified atom stereocenters. The third-order valence-electron chi connectivity index (χ3n) is 2.41. The van der Waals surface area contributed by atoms with E-state index in [9.17, 15) is 12.8 Å². The fourth-order valence-corrected chi connectivity index (χ4v) is 2.87. The van der Waals surface area contributed by atoms with Crippen LogP contribution in [0.5, 0.6) is 0 Å². The number of benzene rings is 1. The van der Waals surface area contributed by atoms with Gasteiger partial charge in [-0.15, -0.1) is 0 Å². The number of H-pyrrole nitrogens is 1. The number of halogens is 2. The molecule has 0 fully saturated rings. The zero-order valence-electron chi connectivity index (χ0n) is 9.73. The number of nitrogens with zero attached hydrogens (tertiary/aromatic N) is 1. The van der Waals surface area contributed by atoms with Crippen LogP contribution in [0.15, 0.2) is 35.5 Å². The Hall–Kier alpha value is -1.44. The van der Waals surface area contributed by atoms with E-state index in [1.165, 1.54) is 12.1 Å². The van der Waals surface area contributed by atoms with Crippen molar-refractivity contribution >= 4 is 21.6 Å². The molecule has 0 atom stereocenters. The first-order chi connectivity index (χ1) is 9.00. The third kappa shape index (κ3) is 3.31. The second-order valence-electron chi connectivity index (χ2n) is 3.74. The Bertz CT molecular complexity index is 659. The van der Waals surface area contributed by atoms with Crippen LogP contribution in [0.3, 0.4) is 0 Å². The maximum absolute atomic E-state index is 13.6. The van der Waals surface area contributed by atoms with Crippen LogP contribution in [0, 0.1) is 5.82 Å². The molecule has 2 rings (SSSR count). The first-order valence-corrected chi connectivity index (χ1v) is 7.29. The number of rotatable bonds is 5. The lowest BCUT2D eigenvalue weighted by Gasteiger charge is -2.07. The number of sulfonamides is 1. The highest BCUT2D eigenvalue weighted by Crippen LogP contribution is 2.21. The summed E-state index contributed by atoms with van der Waals surface area (Å²) in [4.78, 5) is 6.34. The summed E-state index contributed by atoms with van der Waals surface area (Å²) in [5.74, 6) is -0.302. The minimum absolute atomic E-state index is 0.113. The van der Waals surface area contributed by atoms with E-state index in [4.69, 9.17) is 11.6 Å². The topological polar surface area (TPSA) is 74.8 Å². The smallest absolute Gasteiger partial charge is 0.243 e. The van der Waals surface area contributed by atoms with Crippen LogP contribution in [0.25, 0.3) is 0 Å². The van der Waals surface area contributed by atoms with Gasteiger partial charge in [-0.2, -0.15) is 0 Å². The molecule has 0 aliphatic heterocycles. The summed E-state index contributed by atoms with van der Waals surface area (Å²) in [5.41, 5.74) is 0. The van der Waals surface area contributed by atoms with Crippen molar-refractivity contribution in [1.29, 1.82) is 0 Å². The zero-order chi connectivity index (χ0) is 13.9. The van der Waals surface area contributed by atoms with Gasteiger partial charge in [0.15, 0.2) is 5.82 Å².